The predicted molar refractivity (Wildman–Crippen MR) is 38.2 cm³/mol. The Labute approximate surface area is 73.7 Å². The minimum Gasteiger partial charge on any atom is -0.478 e. The quantitative estimate of drug-likeness (QED) is 0.829. The van der Waals surface area contributed by atoms with Crippen LogP contribution in [0, 0.1) is 0 Å². The Morgan fingerprint density at radius 1 is 1.67 bits per heavy atom. The van der Waals surface area contributed by atoms with Gasteiger partial charge in [0.2, 0.25) is 0 Å². The summed E-state index contributed by atoms with van der Waals surface area (Å²) in [7, 11) is 0. The molecule has 2 N–H and O–H groups in total. The molecule has 0 aliphatic heterocycles. The maximum Gasteiger partial charge on any atom is 0.340 e. The van der Waals surface area contributed by atoms with Gasteiger partial charge in [0.15, 0.2) is 0 Å². The van der Waals surface area contributed by atoms with Crippen LogP contribution in [-0.4, -0.2) is 21.3 Å². The lowest BCUT2D eigenvalue weighted by atomic mass is 10.2. The molecule has 7 heteroatoms. The van der Waals surface area contributed by atoms with Crippen LogP contribution in [0.15, 0.2) is 4.60 Å². The zero-order chi connectivity index (χ0) is 9.30. The number of carboxylic acids is 1. The van der Waals surface area contributed by atoms with E-state index < -0.39 is 23.7 Å². The number of nitrogens with one attached hydrogen (secondary N) is 1. The van der Waals surface area contributed by atoms with Gasteiger partial charge in [0.05, 0.1) is 0 Å². The first kappa shape index (κ1) is 9.11. The molecule has 0 aliphatic rings. The summed E-state index contributed by atoms with van der Waals surface area (Å²) in [5.74, 6) is -1.44. The van der Waals surface area contributed by atoms with Crippen molar-refractivity contribution < 1.29 is 18.7 Å². The van der Waals surface area contributed by atoms with E-state index in [1.54, 1.807) is 0 Å². The van der Waals surface area contributed by atoms with Crippen molar-refractivity contribution in [2.75, 3.05) is 0 Å². The molecule has 66 valence electrons. The molecule has 0 atom stereocenters. The smallest absolute Gasteiger partial charge is 0.340 e. The zero-order valence-electron chi connectivity index (χ0n) is 5.51. The number of alkyl halides is 2. The van der Waals surface area contributed by atoms with Crippen LogP contribution in [0.5, 0.6) is 0 Å². The Bertz CT molecular complexity index is 312. The SMILES string of the molecule is O=C(O)c1c(Br)n[nH]c1C(F)F. The molecule has 0 bridgehead atoms. The summed E-state index contributed by atoms with van der Waals surface area (Å²) < 4.78 is 24.0. The number of aromatic nitrogens is 2. The van der Waals surface area contributed by atoms with Gasteiger partial charge in [0.25, 0.3) is 6.43 Å². The van der Waals surface area contributed by atoms with Gasteiger partial charge >= 0.3 is 5.97 Å². The molecule has 0 aliphatic carbocycles. The van der Waals surface area contributed by atoms with E-state index >= 15 is 0 Å². The topological polar surface area (TPSA) is 66.0 Å². The Balaban J connectivity index is 3.21. The number of hydrogen-bond acceptors (Lipinski definition) is 2. The van der Waals surface area contributed by atoms with Crippen molar-refractivity contribution in [3.63, 3.8) is 0 Å². The van der Waals surface area contributed by atoms with Crippen molar-refractivity contribution >= 4 is 21.9 Å². The third kappa shape index (κ3) is 1.45. The van der Waals surface area contributed by atoms with Gasteiger partial charge in [0.1, 0.15) is 15.9 Å². The molecule has 12 heavy (non-hydrogen) atoms. The monoisotopic (exact) mass is 240 g/mol. The number of aromatic amines is 1. The minimum absolute atomic E-state index is 0.120. The Morgan fingerprint density at radius 3 is 2.58 bits per heavy atom. The zero-order valence-corrected chi connectivity index (χ0v) is 7.10. The highest BCUT2D eigenvalue weighted by Gasteiger charge is 2.23. The summed E-state index contributed by atoms with van der Waals surface area (Å²) >= 11 is 2.73. The fourth-order valence-corrected chi connectivity index (χ4v) is 1.17. The molecule has 1 heterocycles. The van der Waals surface area contributed by atoms with Crippen LogP contribution in [0.1, 0.15) is 22.5 Å². The summed E-state index contributed by atoms with van der Waals surface area (Å²) in [5, 5.41) is 13.7. The van der Waals surface area contributed by atoms with E-state index in [2.05, 4.69) is 21.0 Å². The Kier molecular flexibility index (Phi) is 2.41. The van der Waals surface area contributed by atoms with Crippen LogP contribution in [-0.2, 0) is 0 Å². The molecule has 0 saturated heterocycles. The first-order valence-electron chi connectivity index (χ1n) is 2.79. The molecular formula is C5H3BrF2N2O2. The summed E-state index contributed by atoms with van der Waals surface area (Å²) in [4.78, 5) is 10.4. The molecule has 1 aromatic rings. The maximum absolute atomic E-state index is 12.0. The van der Waals surface area contributed by atoms with Gasteiger partial charge in [-0.3, -0.25) is 5.10 Å². The normalized spacial score (nSPS) is 10.7. The van der Waals surface area contributed by atoms with Crippen molar-refractivity contribution in [2.45, 2.75) is 6.43 Å². The third-order valence-corrected chi connectivity index (χ3v) is 1.76. The molecule has 0 unspecified atom stereocenters. The number of carbonyl (C=O) groups is 1. The second kappa shape index (κ2) is 3.18. The largest absolute Gasteiger partial charge is 0.478 e. The fraction of sp³-hybridized carbons (Fsp3) is 0.200. The molecule has 0 amide bonds. The van der Waals surface area contributed by atoms with Crippen LogP contribution in [0.3, 0.4) is 0 Å². The standard InChI is InChI=1S/C5H3BrF2N2O2/c6-3-1(5(11)12)2(4(7)8)9-10-3/h4H,(H,9,10)(H,11,12). The summed E-state index contributed by atoms with van der Waals surface area (Å²) in [6.07, 6.45) is -2.87. The first-order valence-corrected chi connectivity index (χ1v) is 3.58. The van der Waals surface area contributed by atoms with Crippen LogP contribution >= 0.6 is 15.9 Å². The van der Waals surface area contributed by atoms with Gasteiger partial charge in [-0.15, -0.1) is 0 Å². The lowest BCUT2D eigenvalue weighted by molar-refractivity contribution is 0.0683. The van der Waals surface area contributed by atoms with E-state index in [0.29, 0.717) is 0 Å². The van der Waals surface area contributed by atoms with Crippen molar-refractivity contribution in [1.29, 1.82) is 0 Å². The molecule has 0 fully saturated rings. The van der Waals surface area contributed by atoms with Crippen LogP contribution < -0.4 is 0 Å². The average molecular weight is 241 g/mol. The maximum atomic E-state index is 12.0. The van der Waals surface area contributed by atoms with Gasteiger partial charge in [0, 0.05) is 0 Å². The summed E-state index contributed by atoms with van der Waals surface area (Å²) in [5.41, 5.74) is -1.21. The fourth-order valence-electron chi connectivity index (χ4n) is 0.694. The highest BCUT2D eigenvalue weighted by atomic mass is 79.9. The van der Waals surface area contributed by atoms with E-state index in [4.69, 9.17) is 5.11 Å². The third-order valence-electron chi connectivity index (χ3n) is 1.18. The Morgan fingerprint density at radius 2 is 2.25 bits per heavy atom. The highest BCUT2D eigenvalue weighted by Crippen LogP contribution is 2.25. The van der Waals surface area contributed by atoms with Gasteiger partial charge in [-0.25, -0.2) is 13.6 Å². The number of nitrogens with zero attached hydrogens (tertiary/aromatic N) is 1. The second-order valence-electron chi connectivity index (χ2n) is 1.91. The molecular weight excluding hydrogens is 238 g/mol. The molecule has 0 saturated carbocycles. The predicted octanol–water partition coefficient (Wildman–Crippen LogP) is 1.81. The highest BCUT2D eigenvalue weighted by molar-refractivity contribution is 9.10. The lowest BCUT2D eigenvalue weighted by Gasteiger charge is -1.95. The second-order valence-corrected chi connectivity index (χ2v) is 2.66. The molecule has 1 aromatic heterocycles. The minimum atomic E-state index is -2.87. The van der Waals surface area contributed by atoms with Crippen molar-refractivity contribution in [2.24, 2.45) is 0 Å². The van der Waals surface area contributed by atoms with E-state index in [9.17, 15) is 13.6 Å². The van der Waals surface area contributed by atoms with E-state index in [1.807, 2.05) is 5.10 Å². The molecule has 0 aromatic carbocycles. The number of rotatable bonds is 2. The summed E-state index contributed by atoms with van der Waals surface area (Å²) in [6, 6.07) is 0. The van der Waals surface area contributed by atoms with Gasteiger partial charge in [-0.1, -0.05) is 0 Å². The van der Waals surface area contributed by atoms with Crippen molar-refractivity contribution in [3.05, 3.63) is 15.9 Å². The van der Waals surface area contributed by atoms with Gasteiger partial charge in [-0.05, 0) is 15.9 Å². The summed E-state index contributed by atoms with van der Waals surface area (Å²) in [6.45, 7) is 0. The number of hydrogen-bond donors (Lipinski definition) is 2. The van der Waals surface area contributed by atoms with E-state index in [-0.39, 0.29) is 4.60 Å². The first-order chi connectivity index (χ1) is 5.54. The van der Waals surface area contributed by atoms with Gasteiger partial charge < -0.3 is 5.11 Å². The van der Waals surface area contributed by atoms with Crippen molar-refractivity contribution in [3.8, 4) is 0 Å². The van der Waals surface area contributed by atoms with Gasteiger partial charge in [-0.2, -0.15) is 5.10 Å². The molecule has 1 rings (SSSR count). The number of aromatic carboxylic acids is 1. The Hall–Kier alpha value is -0.980. The van der Waals surface area contributed by atoms with E-state index in [0.717, 1.165) is 0 Å². The van der Waals surface area contributed by atoms with Crippen molar-refractivity contribution in [1.82, 2.24) is 10.2 Å². The van der Waals surface area contributed by atoms with Crippen LogP contribution in [0.4, 0.5) is 8.78 Å². The lowest BCUT2D eigenvalue weighted by Crippen LogP contribution is -2.01. The van der Waals surface area contributed by atoms with E-state index in [1.165, 1.54) is 0 Å². The number of carboxylic acid groups (broad SMARTS) is 1. The molecule has 0 spiro atoms. The average Bonchev–Trinajstić information content (AvgIpc) is 2.30. The number of halogens is 3. The number of H-pyrrole nitrogens is 1. The van der Waals surface area contributed by atoms with Crippen LogP contribution in [0.25, 0.3) is 0 Å². The molecule has 4 nitrogen and oxygen atoms in total. The molecule has 0 radical (unpaired) electrons. The van der Waals surface area contributed by atoms with Crippen LogP contribution in [0.2, 0.25) is 0 Å².